The van der Waals surface area contributed by atoms with E-state index in [1.807, 2.05) is 13.0 Å². The summed E-state index contributed by atoms with van der Waals surface area (Å²) in [5.74, 6) is -0.923. The van der Waals surface area contributed by atoms with Gasteiger partial charge < -0.3 is 24.7 Å². The SMILES string of the molecule is CCn1c(C(=O)OC)c(NC(=O)C2CCOC2)c2cc(NCc3ccc(C)c(C)c3)cnc21. The van der Waals surface area contributed by atoms with Crippen LogP contribution in [0.1, 0.15) is 40.5 Å². The van der Waals surface area contributed by atoms with Crippen LogP contribution in [-0.2, 0) is 27.4 Å². The van der Waals surface area contributed by atoms with E-state index in [-0.39, 0.29) is 11.8 Å². The molecule has 1 aliphatic heterocycles. The summed E-state index contributed by atoms with van der Waals surface area (Å²) in [6.45, 7) is 8.20. The maximum Gasteiger partial charge on any atom is 0.356 e. The second-order valence-electron chi connectivity index (χ2n) is 8.38. The predicted octanol–water partition coefficient (Wildman–Crippen LogP) is 4.05. The van der Waals surface area contributed by atoms with E-state index in [0.29, 0.717) is 55.1 Å². The van der Waals surface area contributed by atoms with E-state index in [1.54, 1.807) is 10.8 Å². The molecule has 1 amide bonds. The van der Waals surface area contributed by atoms with Gasteiger partial charge in [0, 0.05) is 25.1 Å². The molecule has 1 saturated heterocycles. The summed E-state index contributed by atoms with van der Waals surface area (Å²) >= 11 is 0. The average molecular weight is 451 g/mol. The fraction of sp³-hybridized carbons (Fsp3) is 0.400. The molecule has 0 spiro atoms. The lowest BCUT2D eigenvalue weighted by atomic mass is 10.1. The summed E-state index contributed by atoms with van der Waals surface area (Å²) < 4.78 is 12.2. The Morgan fingerprint density at radius 2 is 2.06 bits per heavy atom. The molecule has 0 saturated carbocycles. The molecule has 1 aliphatic rings. The van der Waals surface area contributed by atoms with Crippen LogP contribution in [-0.4, -0.2) is 41.8 Å². The first-order valence-electron chi connectivity index (χ1n) is 11.2. The highest BCUT2D eigenvalue weighted by molar-refractivity contribution is 6.11. The first kappa shape index (κ1) is 22.8. The summed E-state index contributed by atoms with van der Waals surface area (Å²) in [5, 5.41) is 7.07. The Hall–Kier alpha value is -3.39. The molecule has 1 atom stereocenters. The number of nitrogens with zero attached hydrogens (tertiary/aromatic N) is 2. The highest BCUT2D eigenvalue weighted by Crippen LogP contribution is 2.33. The van der Waals surface area contributed by atoms with Crippen LogP contribution >= 0.6 is 0 Å². The number of fused-ring (bicyclic) bond motifs is 1. The van der Waals surface area contributed by atoms with Gasteiger partial charge in [-0.25, -0.2) is 9.78 Å². The number of aromatic nitrogens is 2. The van der Waals surface area contributed by atoms with Crippen molar-refractivity contribution in [2.75, 3.05) is 31.0 Å². The van der Waals surface area contributed by atoms with Crippen LogP contribution in [0.3, 0.4) is 0 Å². The third-order valence-electron chi connectivity index (χ3n) is 6.21. The quantitative estimate of drug-likeness (QED) is 0.528. The molecular formula is C25H30N4O4. The van der Waals surface area contributed by atoms with Gasteiger partial charge >= 0.3 is 5.97 Å². The lowest BCUT2D eigenvalue weighted by Crippen LogP contribution is -2.24. The largest absolute Gasteiger partial charge is 0.464 e. The maximum absolute atomic E-state index is 12.9. The second kappa shape index (κ2) is 9.62. The number of anilines is 2. The van der Waals surface area contributed by atoms with Gasteiger partial charge in [-0.05, 0) is 49.9 Å². The second-order valence-corrected chi connectivity index (χ2v) is 8.38. The van der Waals surface area contributed by atoms with Crippen molar-refractivity contribution in [2.45, 2.75) is 40.3 Å². The molecule has 0 radical (unpaired) electrons. The Labute approximate surface area is 193 Å². The summed E-state index contributed by atoms with van der Waals surface area (Å²) in [7, 11) is 1.33. The molecular weight excluding hydrogens is 420 g/mol. The number of pyridine rings is 1. The van der Waals surface area contributed by atoms with Gasteiger partial charge in [0.25, 0.3) is 0 Å². The van der Waals surface area contributed by atoms with Crippen LogP contribution in [0.25, 0.3) is 11.0 Å². The number of methoxy groups -OCH3 is 1. The smallest absolute Gasteiger partial charge is 0.356 e. The molecule has 33 heavy (non-hydrogen) atoms. The Morgan fingerprint density at radius 3 is 2.73 bits per heavy atom. The van der Waals surface area contributed by atoms with Gasteiger partial charge in [0.05, 0.1) is 37.2 Å². The fourth-order valence-corrected chi connectivity index (χ4v) is 4.15. The van der Waals surface area contributed by atoms with Crippen molar-refractivity contribution in [2.24, 2.45) is 5.92 Å². The molecule has 3 heterocycles. The summed E-state index contributed by atoms with van der Waals surface area (Å²) in [6.07, 6.45) is 2.40. The molecule has 1 fully saturated rings. The monoisotopic (exact) mass is 450 g/mol. The number of aryl methyl sites for hydroxylation is 3. The summed E-state index contributed by atoms with van der Waals surface area (Å²) in [6, 6.07) is 8.28. The van der Waals surface area contributed by atoms with Gasteiger partial charge in [-0.2, -0.15) is 0 Å². The molecule has 0 bridgehead atoms. The van der Waals surface area contributed by atoms with Crippen LogP contribution in [0.5, 0.6) is 0 Å². The molecule has 1 aromatic carbocycles. The highest BCUT2D eigenvalue weighted by Gasteiger charge is 2.29. The lowest BCUT2D eigenvalue weighted by molar-refractivity contribution is -0.119. The first-order chi connectivity index (χ1) is 15.9. The molecule has 2 aromatic heterocycles. The normalized spacial score (nSPS) is 15.6. The molecule has 1 unspecified atom stereocenters. The Kier molecular flexibility index (Phi) is 6.65. The molecule has 0 aliphatic carbocycles. The van der Waals surface area contributed by atoms with Crippen molar-refractivity contribution in [1.29, 1.82) is 0 Å². The zero-order valence-corrected chi connectivity index (χ0v) is 19.5. The molecule has 174 valence electrons. The van der Waals surface area contributed by atoms with Gasteiger partial charge in [0.2, 0.25) is 5.91 Å². The van der Waals surface area contributed by atoms with Crippen molar-refractivity contribution in [3.63, 3.8) is 0 Å². The first-order valence-corrected chi connectivity index (χ1v) is 11.2. The molecule has 2 N–H and O–H groups in total. The average Bonchev–Trinajstić information content (AvgIpc) is 3.46. The Balaban J connectivity index is 1.70. The Morgan fingerprint density at radius 1 is 1.24 bits per heavy atom. The third-order valence-corrected chi connectivity index (χ3v) is 6.21. The van der Waals surface area contributed by atoms with E-state index in [9.17, 15) is 9.59 Å². The number of hydrogen-bond acceptors (Lipinski definition) is 6. The summed E-state index contributed by atoms with van der Waals surface area (Å²) in [5.41, 5.74) is 5.80. The number of ether oxygens (including phenoxy) is 2. The number of hydrogen-bond donors (Lipinski definition) is 2. The zero-order valence-electron chi connectivity index (χ0n) is 19.5. The number of benzene rings is 1. The van der Waals surface area contributed by atoms with E-state index >= 15 is 0 Å². The fourth-order valence-electron chi connectivity index (χ4n) is 4.15. The number of esters is 1. The van der Waals surface area contributed by atoms with Crippen LogP contribution in [0, 0.1) is 19.8 Å². The number of rotatable bonds is 7. The standard InChI is InChI=1S/C25H30N4O4/c1-5-29-22(25(31)32-4)21(28-24(30)18-8-9-33-14-18)20-11-19(13-27-23(20)29)26-12-17-7-6-15(2)16(3)10-17/h6-7,10-11,13,18,26H,5,8-9,12,14H2,1-4H3,(H,28,30). The topological polar surface area (TPSA) is 94.5 Å². The minimum Gasteiger partial charge on any atom is -0.464 e. The molecule has 3 aromatic rings. The predicted molar refractivity (Wildman–Crippen MR) is 128 cm³/mol. The van der Waals surface area contributed by atoms with Gasteiger partial charge in [-0.1, -0.05) is 18.2 Å². The Bertz CT molecular complexity index is 1190. The molecule has 4 rings (SSSR count). The van der Waals surface area contributed by atoms with E-state index in [2.05, 4.69) is 47.7 Å². The van der Waals surface area contributed by atoms with Crippen LogP contribution in [0.2, 0.25) is 0 Å². The number of carbonyl (C=O) groups excluding carboxylic acids is 2. The van der Waals surface area contributed by atoms with Crippen molar-refractivity contribution in [3.8, 4) is 0 Å². The maximum atomic E-state index is 12.9. The minimum absolute atomic E-state index is 0.165. The highest BCUT2D eigenvalue weighted by atomic mass is 16.5. The van der Waals surface area contributed by atoms with Crippen molar-refractivity contribution >= 4 is 34.3 Å². The van der Waals surface area contributed by atoms with Crippen LogP contribution in [0.4, 0.5) is 11.4 Å². The summed E-state index contributed by atoms with van der Waals surface area (Å²) in [4.78, 5) is 30.2. The van der Waals surface area contributed by atoms with E-state index in [1.165, 1.54) is 18.2 Å². The van der Waals surface area contributed by atoms with Gasteiger partial charge in [-0.15, -0.1) is 0 Å². The molecule has 8 heteroatoms. The minimum atomic E-state index is -0.516. The van der Waals surface area contributed by atoms with Gasteiger partial charge in [-0.3, -0.25) is 4.79 Å². The van der Waals surface area contributed by atoms with Crippen molar-refractivity contribution in [1.82, 2.24) is 9.55 Å². The number of carbonyl (C=O) groups is 2. The lowest BCUT2D eigenvalue weighted by Gasteiger charge is -2.11. The van der Waals surface area contributed by atoms with Crippen LogP contribution < -0.4 is 10.6 Å². The third kappa shape index (κ3) is 4.57. The van der Waals surface area contributed by atoms with Gasteiger partial charge in [0.15, 0.2) is 5.69 Å². The van der Waals surface area contributed by atoms with Crippen molar-refractivity contribution in [3.05, 3.63) is 52.8 Å². The van der Waals surface area contributed by atoms with Crippen molar-refractivity contribution < 1.29 is 19.1 Å². The van der Waals surface area contributed by atoms with E-state index in [4.69, 9.17) is 9.47 Å². The van der Waals surface area contributed by atoms with Crippen LogP contribution in [0.15, 0.2) is 30.5 Å². The zero-order chi connectivity index (χ0) is 23.5. The molecule has 8 nitrogen and oxygen atoms in total. The number of nitrogens with one attached hydrogen (secondary N) is 2. The van der Waals surface area contributed by atoms with E-state index in [0.717, 1.165) is 11.3 Å². The van der Waals surface area contributed by atoms with E-state index < -0.39 is 5.97 Å². The number of amides is 1. The van der Waals surface area contributed by atoms with Gasteiger partial charge in [0.1, 0.15) is 5.65 Å².